The summed E-state index contributed by atoms with van der Waals surface area (Å²) in [6, 6.07) is 9.82. The van der Waals surface area contributed by atoms with Crippen LogP contribution in [0.4, 0.5) is 0 Å². The summed E-state index contributed by atoms with van der Waals surface area (Å²) in [5.41, 5.74) is 2.20. The number of aliphatic hydroxyl groups excluding tert-OH is 1. The highest BCUT2D eigenvalue weighted by Gasteiger charge is 2.29. The number of hydrogen-bond donors (Lipinski definition) is 1. The van der Waals surface area contributed by atoms with Crippen LogP contribution in [0.25, 0.3) is 0 Å². The molecule has 68 valence electrons. The van der Waals surface area contributed by atoms with Gasteiger partial charge in [0.05, 0.1) is 6.10 Å². The quantitative estimate of drug-likeness (QED) is 0.683. The molecule has 0 spiro atoms. The molecule has 1 aliphatic rings. The molecule has 1 heteroatoms. The lowest BCUT2D eigenvalue weighted by Gasteiger charge is -2.33. The van der Waals surface area contributed by atoms with Crippen molar-refractivity contribution < 1.29 is 5.11 Å². The first-order valence-electron chi connectivity index (χ1n) is 4.69. The van der Waals surface area contributed by atoms with Crippen LogP contribution in [-0.4, -0.2) is 5.11 Å². The van der Waals surface area contributed by atoms with Crippen molar-refractivity contribution >= 4 is 0 Å². The fourth-order valence-electron chi connectivity index (χ4n) is 1.78. The van der Waals surface area contributed by atoms with Crippen molar-refractivity contribution in [1.29, 1.82) is 0 Å². The normalized spacial score (nSPS) is 23.8. The fraction of sp³-hybridized carbons (Fsp3) is 0.333. The van der Waals surface area contributed by atoms with Gasteiger partial charge in [0.2, 0.25) is 0 Å². The summed E-state index contributed by atoms with van der Waals surface area (Å²) in [5, 5.41) is 9.95. The first kappa shape index (κ1) is 8.52. The Bertz CT molecular complexity index is 302. The molecule has 1 nitrogen and oxygen atoms in total. The fourth-order valence-corrected chi connectivity index (χ4v) is 1.78. The number of benzene rings is 1. The number of aliphatic hydroxyl groups is 1. The molecular formula is C12H14O. The molecule has 0 heterocycles. The highest BCUT2D eigenvalue weighted by molar-refractivity contribution is 5.23. The van der Waals surface area contributed by atoms with E-state index in [9.17, 15) is 5.11 Å². The third kappa shape index (κ3) is 1.52. The third-order valence-corrected chi connectivity index (χ3v) is 2.82. The van der Waals surface area contributed by atoms with Gasteiger partial charge in [-0.25, -0.2) is 0 Å². The Balaban J connectivity index is 2.13. The van der Waals surface area contributed by atoms with Crippen molar-refractivity contribution in [2.45, 2.75) is 18.9 Å². The van der Waals surface area contributed by atoms with Crippen LogP contribution in [0, 0.1) is 5.92 Å². The molecule has 2 atom stereocenters. The van der Waals surface area contributed by atoms with E-state index in [4.69, 9.17) is 0 Å². The summed E-state index contributed by atoms with van der Waals surface area (Å²) < 4.78 is 0. The van der Waals surface area contributed by atoms with Crippen molar-refractivity contribution in [2.24, 2.45) is 5.92 Å². The van der Waals surface area contributed by atoms with Gasteiger partial charge in [-0.05, 0) is 18.4 Å². The molecule has 1 N–H and O–H groups in total. The Morgan fingerprint density at radius 3 is 2.46 bits per heavy atom. The van der Waals surface area contributed by atoms with Crippen LogP contribution in [0.3, 0.4) is 0 Å². The molecule has 0 aliphatic heterocycles. The van der Waals surface area contributed by atoms with Crippen molar-refractivity contribution in [3.05, 3.63) is 48.0 Å². The molecule has 0 saturated heterocycles. The minimum atomic E-state index is -0.345. The van der Waals surface area contributed by atoms with E-state index in [-0.39, 0.29) is 6.10 Å². The molecule has 0 bridgehead atoms. The van der Waals surface area contributed by atoms with Gasteiger partial charge >= 0.3 is 0 Å². The molecule has 1 saturated carbocycles. The van der Waals surface area contributed by atoms with Gasteiger partial charge in [0.15, 0.2) is 0 Å². The average molecular weight is 174 g/mol. The molecule has 2 rings (SSSR count). The van der Waals surface area contributed by atoms with Crippen molar-refractivity contribution in [3.63, 3.8) is 0 Å². The summed E-state index contributed by atoms with van der Waals surface area (Å²) in [6.07, 6.45) is 1.81. The topological polar surface area (TPSA) is 20.2 Å². The van der Waals surface area contributed by atoms with Crippen LogP contribution in [-0.2, 0) is 0 Å². The maximum absolute atomic E-state index is 9.95. The Hall–Kier alpha value is -1.08. The third-order valence-electron chi connectivity index (χ3n) is 2.82. The summed E-state index contributed by atoms with van der Waals surface area (Å²) in [6.45, 7) is 3.93. The second kappa shape index (κ2) is 3.35. The molecule has 13 heavy (non-hydrogen) atoms. The van der Waals surface area contributed by atoms with E-state index in [0.717, 1.165) is 18.4 Å². The van der Waals surface area contributed by atoms with Crippen LogP contribution in [0.15, 0.2) is 42.5 Å². The van der Waals surface area contributed by atoms with Gasteiger partial charge in [0.25, 0.3) is 0 Å². The van der Waals surface area contributed by atoms with E-state index in [1.165, 1.54) is 5.57 Å². The maximum atomic E-state index is 9.95. The zero-order chi connectivity index (χ0) is 9.26. The van der Waals surface area contributed by atoms with Crippen LogP contribution < -0.4 is 0 Å². The summed E-state index contributed by atoms with van der Waals surface area (Å²) >= 11 is 0. The smallest absolute Gasteiger partial charge is 0.0855 e. The Labute approximate surface area is 78.7 Å². The van der Waals surface area contributed by atoms with Crippen molar-refractivity contribution in [1.82, 2.24) is 0 Å². The van der Waals surface area contributed by atoms with Crippen LogP contribution >= 0.6 is 0 Å². The lowest BCUT2D eigenvalue weighted by molar-refractivity contribution is 0.0995. The second-order valence-corrected chi connectivity index (χ2v) is 3.66. The van der Waals surface area contributed by atoms with Crippen LogP contribution in [0.5, 0.6) is 0 Å². The van der Waals surface area contributed by atoms with Crippen LogP contribution in [0.1, 0.15) is 24.5 Å². The molecule has 2 unspecified atom stereocenters. The highest BCUT2D eigenvalue weighted by atomic mass is 16.3. The Kier molecular flexibility index (Phi) is 2.19. The second-order valence-electron chi connectivity index (χ2n) is 3.66. The minimum absolute atomic E-state index is 0.294. The van der Waals surface area contributed by atoms with E-state index in [0.29, 0.717) is 5.92 Å². The summed E-state index contributed by atoms with van der Waals surface area (Å²) in [4.78, 5) is 0. The molecule has 0 amide bonds. The summed E-state index contributed by atoms with van der Waals surface area (Å²) in [7, 11) is 0. The van der Waals surface area contributed by atoms with Gasteiger partial charge in [-0.3, -0.25) is 0 Å². The molecule has 1 fully saturated rings. The van der Waals surface area contributed by atoms with E-state index < -0.39 is 0 Å². The predicted octanol–water partition coefficient (Wildman–Crippen LogP) is 2.69. The lowest BCUT2D eigenvalue weighted by Crippen LogP contribution is -2.22. The Morgan fingerprint density at radius 2 is 2.00 bits per heavy atom. The first-order chi connectivity index (χ1) is 6.29. The van der Waals surface area contributed by atoms with Gasteiger partial charge < -0.3 is 5.11 Å². The minimum Gasteiger partial charge on any atom is -0.388 e. The van der Waals surface area contributed by atoms with E-state index in [1.807, 2.05) is 30.3 Å². The van der Waals surface area contributed by atoms with E-state index >= 15 is 0 Å². The van der Waals surface area contributed by atoms with Gasteiger partial charge in [0, 0.05) is 5.92 Å². The number of hydrogen-bond acceptors (Lipinski definition) is 1. The Morgan fingerprint density at radius 1 is 1.31 bits per heavy atom. The largest absolute Gasteiger partial charge is 0.388 e. The van der Waals surface area contributed by atoms with Crippen molar-refractivity contribution in [2.75, 3.05) is 0 Å². The van der Waals surface area contributed by atoms with E-state index in [2.05, 4.69) is 6.58 Å². The zero-order valence-electron chi connectivity index (χ0n) is 7.61. The van der Waals surface area contributed by atoms with Crippen molar-refractivity contribution in [3.8, 4) is 0 Å². The molecule has 1 aliphatic carbocycles. The van der Waals surface area contributed by atoms with Gasteiger partial charge in [0.1, 0.15) is 0 Å². The first-order valence-corrected chi connectivity index (χ1v) is 4.69. The lowest BCUT2D eigenvalue weighted by atomic mass is 9.75. The maximum Gasteiger partial charge on any atom is 0.0855 e. The average Bonchev–Trinajstić information content (AvgIpc) is 2.17. The van der Waals surface area contributed by atoms with Crippen LogP contribution in [0.2, 0.25) is 0 Å². The molecule has 0 aromatic heterocycles. The monoisotopic (exact) mass is 174 g/mol. The van der Waals surface area contributed by atoms with Gasteiger partial charge in [-0.15, -0.1) is 0 Å². The SMILES string of the molecule is C=C1CCC1C(O)c1ccccc1. The molecule has 1 aromatic rings. The standard InChI is InChI=1S/C12H14O/c1-9-7-8-11(9)12(13)10-5-3-2-4-6-10/h2-6,11-13H,1,7-8H2. The molecular weight excluding hydrogens is 160 g/mol. The predicted molar refractivity (Wildman–Crippen MR) is 53.3 cm³/mol. The highest BCUT2D eigenvalue weighted by Crippen LogP contribution is 2.41. The zero-order valence-corrected chi connectivity index (χ0v) is 7.61. The van der Waals surface area contributed by atoms with E-state index in [1.54, 1.807) is 0 Å². The van der Waals surface area contributed by atoms with Gasteiger partial charge in [-0.1, -0.05) is 42.5 Å². The molecule has 1 aromatic carbocycles. The molecule has 0 radical (unpaired) electrons. The van der Waals surface area contributed by atoms with Gasteiger partial charge in [-0.2, -0.15) is 0 Å². The summed E-state index contributed by atoms with van der Waals surface area (Å²) in [5.74, 6) is 0.294. The number of rotatable bonds is 2.